The Kier molecular flexibility index (Phi) is 5.19. The highest BCUT2D eigenvalue weighted by Crippen LogP contribution is 2.31. The second-order valence-corrected chi connectivity index (χ2v) is 7.46. The van der Waals surface area contributed by atoms with E-state index in [1.807, 2.05) is 35.9 Å². The number of halogens is 3. The number of hydrogen-bond donors (Lipinski definition) is 0. The molecule has 0 aliphatic carbocycles. The van der Waals surface area contributed by atoms with Gasteiger partial charge in [0.25, 0.3) is 5.78 Å². The molecule has 5 rings (SSSR count). The van der Waals surface area contributed by atoms with Gasteiger partial charge in [0, 0.05) is 25.0 Å². The fourth-order valence-electron chi connectivity index (χ4n) is 3.52. The van der Waals surface area contributed by atoms with E-state index in [9.17, 15) is 13.2 Å². The summed E-state index contributed by atoms with van der Waals surface area (Å²) < 4.78 is 49.0. The molecule has 0 atom stereocenters. The second-order valence-electron chi connectivity index (χ2n) is 7.46. The van der Waals surface area contributed by atoms with Crippen molar-refractivity contribution in [3.05, 3.63) is 78.2 Å². The minimum atomic E-state index is -4.65. The first-order valence-electron chi connectivity index (χ1n) is 10.1. The van der Waals surface area contributed by atoms with Crippen molar-refractivity contribution in [2.45, 2.75) is 19.5 Å². The van der Waals surface area contributed by atoms with E-state index in [1.54, 1.807) is 13.4 Å². The van der Waals surface area contributed by atoms with Crippen LogP contribution in [-0.2, 0) is 12.6 Å². The highest BCUT2D eigenvalue weighted by Gasteiger charge is 2.34. The number of methoxy groups -OCH3 is 1. The third-order valence-electron chi connectivity index (χ3n) is 5.07. The molecule has 4 heterocycles. The van der Waals surface area contributed by atoms with Crippen LogP contribution in [0, 0.1) is 6.92 Å². The van der Waals surface area contributed by atoms with Crippen LogP contribution in [0.4, 0.5) is 13.2 Å². The zero-order valence-electron chi connectivity index (χ0n) is 18.0. The lowest BCUT2D eigenvalue weighted by Crippen LogP contribution is -2.11. The van der Waals surface area contributed by atoms with Gasteiger partial charge in [0.05, 0.1) is 36.7 Å². The lowest BCUT2D eigenvalue weighted by atomic mass is 10.1. The molecular weight excluding hydrogens is 449 g/mol. The third kappa shape index (κ3) is 4.05. The molecule has 172 valence electrons. The summed E-state index contributed by atoms with van der Waals surface area (Å²) >= 11 is 0. The lowest BCUT2D eigenvalue weighted by Gasteiger charge is -2.10. The predicted octanol–water partition coefficient (Wildman–Crippen LogP) is 3.69. The molecule has 0 saturated carbocycles. The van der Waals surface area contributed by atoms with Crippen LogP contribution in [-0.4, -0.2) is 46.2 Å². The normalized spacial score (nSPS) is 11.8. The number of rotatable bonds is 5. The van der Waals surface area contributed by atoms with E-state index in [0.717, 1.165) is 23.0 Å². The van der Waals surface area contributed by atoms with Crippen LogP contribution < -0.4 is 4.74 Å². The Morgan fingerprint density at radius 2 is 1.91 bits per heavy atom. The minimum absolute atomic E-state index is 0.0904. The standard InChI is InChI=1S/C22H17F3N8O/c1-13-11-32(12-28-13)16-4-3-14(7-18(16)34-2)8-20-30-21-29-19(22(23,24)25)9-17(33(21)31-20)15-10-26-5-6-27-15/h3-7,9-12H,8H2,1-2H3. The van der Waals surface area contributed by atoms with Crippen LogP contribution in [0.5, 0.6) is 5.75 Å². The molecule has 0 aliphatic heterocycles. The number of aryl methyl sites for hydroxylation is 1. The molecule has 4 aromatic heterocycles. The van der Waals surface area contributed by atoms with E-state index in [0.29, 0.717) is 11.6 Å². The first-order valence-corrected chi connectivity index (χ1v) is 10.1. The van der Waals surface area contributed by atoms with Crippen molar-refractivity contribution in [3.8, 4) is 22.8 Å². The van der Waals surface area contributed by atoms with Gasteiger partial charge >= 0.3 is 6.18 Å². The van der Waals surface area contributed by atoms with E-state index in [1.165, 1.54) is 23.1 Å². The molecule has 0 fully saturated rings. The van der Waals surface area contributed by atoms with Gasteiger partial charge in [-0.05, 0) is 30.7 Å². The highest BCUT2D eigenvalue weighted by molar-refractivity contribution is 5.57. The maximum Gasteiger partial charge on any atom is 0.433 e. The van der Waals surface area contributed by atoms with Gasteiger partial charge in [0.2, 0.25) is 0 Å². The topological polar surface area (TPSA) is 95.9 Å². The molecule has 0 N–H and O–H groups in total. The maximum absolute atomic E-state index is 13.5. The van der Waals surface area contributed by atoms with Gasteiger partial charge in [0.1, 0.15) is 11.4 Å². The molecule has 1 aromatic carbocycles. The largest absolute Gasteiger partial charge is 0.495 e. The van der Waals surface area contributed by atoms with Crippen molar-refractivity contribution in [1.29, 1.82) is 0 Å². The molecule has 9 nitrogen and oxygen atoms in total. The van der Waals surface area contributed by atoms with Crippen LogP contribution in [0.15, 0.2) is 55.4 Å². The number of fused-ring (bicyclic) bond motifs is 1. The van der Waals surface area contributed by atoms with E-state index < -0.39 is 11.9 Å². The van der Waals surface area contributed by atoms with E-state index in [-0.39, 0.29) is 23.6 Å². The SMILES string of the molecule is COc1cc(Cc2nc3nc(C(F)(F)F)cc(-c4cnccn4)n3n2)ccc1-n1cnc(C)c1. The Morgan fingerprint density at radius 1 is 1.06 bits per heavy atom. The fraction of sp³-hybridized carbons (Fsp3) is 0.182. The molecule has 5 aromatic rings. The molecule has 0 amide bonds. The highest BCUT2D eigenvalue weighted by atomic mass is 19.4. The molecule has 0 spiro atoms. The summed E-state index contributed by atoms with van der Waals surface area (Å²) in [5.41, 5.74) is 1.71. The van der Waals surface area contributed by atoms with Crippen molar-refractivity contribution in [2.24, 2.45) is 0 Å². The summed E-state index contributed by atoms with van der Waals surface area (Å²) in [6.45, 7) is 1.89. The average Bonchev–Trinajstić information content (AvgIpc) is 3.43. The zero-order valence-corrected chi connectivity index (χ0v) is 18.0. The van der Waals surface area contributed by atoms with Gasteiger partial charge in [-0.15, -0.1) is 5.10 Å². The van der Waals surface area contributed by atoms with Gasteiger partial charge in [-0.1, -0.05) is 6.07 Å². The predicted molar refractivity (Wildman–Crippen MR) is 114 cm³/mol. The van der Waals surface area contributed by atoms with Gasteiger partial charge in [-0.25, -0.2) is 9.97 Å². The Hall–Kier alpha value is -4.35. The van der Waals surface area contributed by atoms with Crippen LogP contribution in [0.25, 0.3) is 22.9 Å². The van der Waals surface area contributed by atoms with Crippen LogP contribution in [0.3, 0.4) is 0 Å². The number of hydrogen-bond acceptors (Lipinski definition) is 7. The Balaban J connectivity index is 1.55. The minimum Gasteiger partial charge on any atom is -0.495 e. The number of nitrogens with zero attached hydrogens (tertiary/aromatic N) is 8. The number of alkyl halides is 3. The molecule has 0 bridgehead atoms. The summed E-state index contributed by atoms with van der Waals surface area (Å²) in [4.78, 5) is 20.2. The van der Waals surface area contributed by atoms with Crippen molar-refractivity contribution < 1.29 is 17.9 Å². The quantitative estimate of drug-likeness (QED) is 0.390. The lowest BCUT2D eigenvalue weighted by molar-refractivity contribution is -0.141. The van der Waals surface area contributed by atoms with E-state index in [2.05, 4.69) is 30.0 Å². The van der Waals surface area contributed by atoms with Crippen LogP contribution in [0.1, 0.15) is 22.8 Å². The summed E-state index contributed by atoms with van der Waals surface area (Å²) in [7, 11) is 1.56. The fourth-order valence-corrected chi connectivity index (χ4v) is 3.52. The van der Waals surface area contributed by atoms with Gasteiger partial charge in [-0.2, -0.15) is 22.7 Å². The van der Waals surface area contributed by atoms with E-state index in [4.69, 9.17) is 4.74 Å². The summed E-state index contributed by atoms with van der Waals surface area (Å²) in [6, 6.07) is 6.46. The summed E-state index contributed by atoms with van der Waals surface area (Å²) in [5, 5.41) is 4.40. The Labute approximate surface area is 190 Å². The number of ether oxygens (including phenoxy) is 1. The molecule has 0 aliphatic rings. The molecule has 12 heteroatoms. The smallest absolute Gasteiger partial charge is 0.433 e. The third-order valence-corrected chi connectivity index (χ3v) is 5.07. The Bertz CT molecular complexity index is 1480. The van der Waals surface area contributed by atoms with Crippen molar-refractivity contribution >= 4 is 5.78 Å². The van der Waals surface area contributed by atoms with Gasteiger partial charge < -0.3 is 9.30 Å². The van der Waals surface area contributed by atoms with Crippen LogP contribution in [0.2, 0.25) is 0 Å². The van der Waals surface area contributed by atoms with Crippen LogP contribution >= 0.6 is 0 Å². The van der Waals surface area contributed by atoms with Gasteiger partial charge in [0.15, 0.2) is 11.5 Å². The second kappa shape index (κ2) is 8.21. The van der Waals surface area contributed by atoms with Crippen molar-refractivity contribution in [1.82, 2.24) is 39.1 Å². The Morgan fingerprint density at radius 3 is 2.59 bits per heavy atom. The molecule has 0 radical (unpaired) electrons. The molecule has 0 saturated heterocycles. The first-order chi connectivity index (χ1) is 16.3. The van der Waals surface area contributed by atoms with Gasteiger partial charge in [-0.3, -0.25) is 9.97 Å². The monoisotopic (exact) mass is 466 g/mol. The molecule has 34 heavy (non-hydrogen) atoms. The molecular formula is C22H17F3N8O. The molecule has 0 unspecified atom stereocenters. The van der Waals surface area contributed by atoms with E-state index >= 15 is 0 Å². The zero-order chi connectivity index (χ0) is 23.9. The van der Waals surface area contributed by atoms with Crippen molar-refractivity contribution in [2.75, 3.05) is 7.11 Å². The summed E-state index contributed by atoms with van der Waals surface area (Å²) in [5.74, 6) is 0.726. The number of imidazole rings is 1. The number of benzene rings is 1. The number of aromatic nitrogens is 8. The summed E-state index contributed by atoms with van der Waals surface area (Å²) in [6.07, 6.45) is 3.35. The average molecular weight is 466 g/mol. The first kappa shape index (κ1) is 21.5. The van der Waals surface area contributed by atoms with Crippen molar-refractivity contribution in [3.63, 3.8) is 0 Å². The maximum atomic E-state index is 13.5.